The molecule has 26 heavy (non-hydrogen) atoms. The zero-order valence-corrected chi connectivity index (χ0v) is 14.0. The van der Waals surface area contributed by atoms with Gasteiger partial charge in [-0.15, -0.1) is 0 Å². The average molecular weight is 368 g/mol. The highest BCUT2D eigenvalue weighted by atomic mass is 35.5. The van der Waals surface area contributed by atoms with Crippen LogP contribution in [0, 0.1) is 17.1 Å². The molecular formula is C18H11ClFN5O. The lowest BCUT2D eigenvalue weighted by Gasteiger charge is -2.06. The molecule has 0 unspecified atom stereocenters. The first-order valence-corrected chi connectivity index (χ1v) is 7.81. The number of nitrogens with zero attached hydrogens (tertiary/aromatic N) is 3. The van der Waals surface area contributed by atoms with Gasteiger partial charge in [-0.1, -0.05) is 48.0 Å². The molecule has 0 aliphatic heterocycles. The number of rotatable bonds is 4. The molecule has 0 aliphatic carbocycles. The molecule has 6 nitrogen and oxygen atoms in total. The smallest absolute Gasteiger partial charge is 0.270 e. The van der Waals surface area contributed by atoms with Crippen molar-refractivity contribution in [2.24, 2.45) is 5.10 Å². The average Bonchev–Trinajstić information content (AvgIpc) is 2.64. The SMILES string of the molecule is N#Cc1c(-c2ccccc2)nc(NN=Cc2c(F)cccc2Cl)[nH]c1=O. The third-order valence-electron chi connectivity index (χ3n) is 3.44. The number of halogens is 2. The van der Waals surface area contributed by atoms with E-state index in [4.69, 9.17) is 11.6 Å². The maximum Gasteiger partial charge on any atom is 0.270 e. The Balaban J connectivity index is 1.95. The van der Waals surface area contributed by atoms with Crippen LogP contribution in [0.4, 0.5) is 10.3 Å². The van der Waals surface area contributed by atoms with Crippen LogP contribution in [0.2, 0.25) is 5.02 Å². The molecule has 8 heteroatoms. The molecule has 1 aromatic heterocycles. The van der Waals surface area contributed by atoms with E-state index in [-0.39, 0.29) is 27.8 Å². The number of aromatic nitrogens is 2. The molecule has 3 rings (SSSR count). The summed E-state index contributed by atoms with van der Waals surface area (Å²) < 4.78 is 13.7. The fourth-order valence-electron chi connectivity index (χ4n) is 2.23. The van der Waals surface area contributed by atoms with Crippen molar-refractivity contribution in [1.29, 1.82) is 5.26 Å². The van der Waals surface area contributed by atoms with Gasteiger partial charge >= 0.3 is 0 Å². The number of benzene rings is 2. The van der Waals surface area contributed by atoms with Gasteiger partial charge in [0.1, 0.15) is 17.4 Å². The van der Waals surface area contributed by atoms with E-state index in [9.17, 15) is 14.4 Å². The lowest BCUT2D eigenvalue weighted by molar-refractivity contribution is 0.626. The monoisotopic (exact) mass is 367 g/mol. The number of nitriles is 1. The van der Waals surface area contributed by atoms with Crippen LogP contribution in [0.25, 0.3) is 11.3 Å². The third kappa shape index (κ3) is 3.61. The van der Waals surface area contributed by atoms with E-state index in [1.54, 1.807) is 24.3 Å². The molecule has 0 fully saturated rings. The summed E-state index contributed by atoms with van der Waals surface area (Å²) in [6.45, 7) is 0. The molecule has 2 aromatic carbocycles. The van der Waals surface area contributed by atoms with Crippen molar-refractivity contribution in [3.8, 4) is 17.3 Å². The summed E-state index contributed by atoms with van der Waals surface area (Å²) in [6, 6.07) is 14.9. The summed E-state index contributed by atoms with van der Waals surface area (Å²) in [5, 5.41) is 13.3. The quantitative estimate of drug-likeness (QED) is 0.544. The van der Waals surface area contributed by atoms with Gasteiger partial charge in [-0.3, -0.25) is 9.78 Å². The topological polar surface area (TPSA) is 93.9 Å². The van der Waals surface area contributed by atoms with Gasteiger partial charge in [0.15, 0.2) is 0 Å². The molecule has 0 radical (unpaired) electrons. The molecule has 1 heterocycles. The Morgan fingerprint density at radius 1 is 1.23 bits per heavy atom. The number of hydrazone groups is 1. The molecule has 3 aromatic rings. The Bertz CT molecular complexity index is 1050. The van der Waals surface area contributed by atoms with E-state index in [1.807, 2.05) is 12.1 Å². The van der Waals surface area contributed by atoms with Crippen LogP contribution in [-0.4, -0.2) is 16.2 Å². The first-order chi connectivity index (χ1) is 12.6. The zero-order chi connectivity index (χ0) is 18.5. The fourth-order valence-corrected chi connectivity index (χ4v) is 2.44. The maximum atomic E-state index is 13.7. The van der Waals surface area contributed by atoms with Gasteiger partial charge in [0.05, 0.1) is 16.9 Å². The van der Waals surface area contributed by atoms with Crippen molar-refractivity contribution in [2.75, 3.05) is 5.43 Å². The molecule has 0 atom stereocenters. The van der Waals surface area contributed by atoms with E-state index in [0.29, 0.717) is 5.56 Å². The van der Waals surface area contributed by atoms with Crippen LogP contribution < -0.4 is 11.0 Å². The van der Waals surface area contributed by atoms with Crippen molar-refractivity contribution >= 4 is 23.8 Å². The Morgan fingerprint density at radius 3 is 2.69 bits per heavy atom. The molecule has 0 amide bonds. The summed E-state index contributed by atoms with van der Waals surface area (Å²) >= 11 is 5.91. The predicted octanol–water partition coefficient (Wildman–Crippen LogP) is 3.55. The summed E-state index contributed by atoms with van der Waals surface area (Å²) in [5.41, 5.74) is 2.73. The Labute approximate surface area is 152 Å². The zero-order valence-electron chi connectivity index (χ0n) is 13.2. The van der Waals surface area contributed by atoms with Gasteiger partial charge < -0.3 is 0 Å². The molecule has 2 N–H and O–H groups in total. The summed E-state index contributed by atoms with van der Waals surface area (Å²) in [6.07, 6.45) is 1.18. The van der Waals surface area contributed by atoms with Crippen LogP contribution in [0.1, 0.15) is 11.1 Å². The van der Waals surface area contributed by atoms with Crippen LogP contribution in [-0.2, 0) is 0 Å². The first-order valence-electron chi connectivity index (χ1n) is 7.43. The summed E-state index contributed by atoms with van der Waals surface area (Å²) in [4.78, 5) is 18.7. The second-order valence-corrected chi connectivity index (χ2v) is 5.53. The van der Waals surface area contributed by atoms with Crippen LogP contribution in [0.15, 0.2) is 58.4 Å². The number of hydrogen-bond donors (Lipinski definition) is 2. The number of anilines is 1. The van der Waals surface area contributed by atoms with E-state index < -0.39 is 11.4 Å². The summed E-state index contributed by atoms with van der Waals surface area (Å²) in [5.74, 6) is -0.522. The minimum Gasteiger partial charge on any atom is -0.290 e. The van der Waals surface area contributed by atoms with E-state index >= 15 is 0 Å². The minimum atomic E-state index is -0.608. The van der Waals surface area contributed by atoms with Crippen molar-refractivity contribution < 1.29 is 4.39 Å². The lowest BCUT2D eigenvalue weighted by atomic mass is 10.1. The number of aromatic amines is 1. The maximum absolute atomic E-state index is 13.7. The lowest BCUT2D eigenvalue weighted by Crippen LogP contribution is -2.16. The molecule has 0 saturated carbocycles. The molecule has 0 aliphatic rings. The largest absolute Gasteiger partial charge is 0.290 e. The fraction of sp³-hybridized carbons (Fsp3) is 0. The number of H-pyrrole nitrogens is 1. The molecular weight excluding hydrogens is 357 g/mol. The molecule has 0 bridgehead atoms. The van der Waals surface area contributed by atoms with E-state index in [0.717, 1.165) is 0 Å². The van der Waals surface area contributed by atoms with Gasteiger partial charge in [-0.2, -0.15) is 10.4 Å². The highest BCUT2D eigenvalue weighted by Gasteiger charge is 2.13. The number of hydrogen-bond acceptors (Lipinski definition) is 5. The van der Waals surface area contributed by atoms with E-state index in [1.165, 1.54) is 24.4 Å². The predicted molar refractivity (Wildman–Crippen MR) is 97.6 cm³/mol. The number of nitrogens with one attached hydrogen (secondary N) is 2. The molecule has 0 spiro atoms. The second-order valence-electron chi connectivity index (χ2n) is 5.12. The molecule has 0 saturated heterocycles. The van der Waals surface area contributed by atoms with Crippen molar-refractivity contribution in [2.45, 2.75) is 0 Å². The minimum absolute atomic E-state index is 0.0107. The second kappa shape index (κ2) is 7.59. The molecule has 128 valence electrons. The Kier molecular flexibility index (Phi) is 5.06. The Morgan fingerprint density at radius 2 is 2.00 bits per heavy atom. The van der Waals surface area contributed by atoms with Gasteiger partial charge in [0, 0.05) is 11.1 Å². The van der Waals surface area contributed by atoms with Gasteiger partial charge in [0.25, 0.3) is 5.56 Å². The van der Waals surface area contributed by atoms with Crippen LogP contribution in [0.3, 0.4) is 0 Å². The first kappa shape index (κ1) is 17.3. The van der Waals surface area contributed by atoms with Crippen molar-refractivity contribution in [1.82, 2.24) is 9.97 Å². The van der Waals surface area contributed by atoms with Gasteiger partial charge in [0.2, 0.25) is 5.95 Å². The van der Waals surface area contributed by atoms with Gasteiger partial charge in [-0.25, -0.2) is 14.8 Å². The van der Waals surface area contributed by atoms with E-state index in [2.05, 4.69) is 20.5 Å². The summed E-state index contributed by atoms with van der Waals surface area (Å²) in [7, 11) is 0. The van der Waals surface area contributed by atoms with Crippen molar-refractivity contribution in [3.63, 3.8) is 0 Å². The van der Waals surface area contributed by atoms with Crippen LogP contribution >= 0.6 is 11.6 Å². The van der Waals surface area contributed by atoms with Crippen LogP contribution in [0.5, 0.6) is 0 Å². The Hall–Kier alpha value is -3.50. The standard InChI is InChI=1S/C18H11ClFN5O/c19-14-7-4-8-15(20)13(14)10-22-25-18-23-16(11-5-2-1-3-6-11)12(9-21)17(26)24-18/h1-8,10H,(H2,23,24,25,26). The normalized spacial score (nSPS) is 10.7. The highest BCUT2D eigenvalue weighted by Crippen LogP contribution is 2.20. The third-order valence-corrected chi connectivity index (χ3v) is 3.77. The highest BCUT2D eigenvalue weighted by molar-refractivity contribution is 6.33. The van der Waals surface area contributed by atoms with Gasteiger partial charge in [-0.05, 0) is 12.1 Å². The van der Waals surface area contributed by atoms with Crippen molar-refractivity contribution in [3.05, 3.63) is 80.9 Å².